The fourth-order valence-corrected chi connectivity index (χ4v) is 2.65. The van der Waals surface area contributed by atoms with E-state index < -0.39 is 0 Å². The first-order valence-electron chi connectivity index (χ1n) is 6.58. The smallest absolute Gasteiger partial charge is 0.234 e. The molecule has 2 aromatic rings. The maximum Gasteiger partial charge on any atom is 0.234 e. The zero-order valence-corrected chi connectivity index (χ0v) is 13.3. The lowest BCUT2D eigenvalue weighted by Crippen LogP contribution is -2.14. The molecule has 1 aromatic heterocycles. The summed E-state index contributed by atoms with van der Waals surface area (Å²) in [5, 5.41) is 10.5. The van der Waals surface area contributed by atoms with E-state index >= 15 is 0 Å². The van der Waals surface area contributed by atoms with Crippen molar-refractivity contribution in [2.24, 2.45) is 0 Å². The normalized spacial score (nSPS) is 12.5. The number of hydrogen-bond donors (Lipinski definition) is 2. The molecule has 1 aromatic carbocycles. The number of nitrogens with one attached hydrogen (secondary N) is 2. The van der Waals surface area contributed by atoms with Crippen LogP contribution in [0.5, 0.6) is 11.5 Å². The van der Waals surface area contributed by atoms with Gasteiger partial charge in [0, 0.05) is 18.6 Å². The fourth-order valence-electron chi connectivity index (χ4n) is 1.83. The molecule has 0 saturated carbocycles. The first-order chi connectivity index (χ1) is 10.7. The molecule has 2 N–H and O–H groups in total. The van der Waals surface area contributed by atoms with Gasteiger partial charge in [-0.2, -0.15) is 0 Å². The van der Waals surface area contributed by atoms with Crippen LogP contribution >= 0.6 is 23.4 Å². The number of halogens is 1. The van der Waals surface area contributed by atoms with E-state index in [2.05, 4.69) is 20.5 Å². The van der Waals surface area contributed by atoms with E-state index in [0.717, 1.165) is 12.2 Å². The summed E-state index contributed by atoms with van der Waals surface area (Å²) in [6.07, 6.45) is 0.770. The Kier molecular flexibility index (Phi) is 4.39. The largest absolute Gasteiger partial charge is 0.454 e. The fraction of sp³-hybridized carbons (Fsp3) is 0.308. The SMILES string of the molecule is CCc1nc(SCC(=O)Nc2cc3c(cc2Cl)OCO3)n[nH]1. The van der Waals surface area contributed by atoms with Crippen LogP contribution in [0.15, 0.2) is 17.3 Å². The maximum atomic E-state index is 12.0. The first kappa shape index (κ1) is 15.0. The van der Waals surface area contributed by atoms with Crippen molar-refractivity contribution in [3.8, 4) is 11.5 Å². The van der Waals surface area contributed by atoms with Crippen molar-refractivity contribution in [2.45, 2.75) is 18.5 Å². The molecular weight excluding hydrogens is 328 g/mol. The van der Waals surface area contributed by atoms with Crippen molar-refractivity contribution in [3.63, 3.8) is 0 Å². The predicted molar refractivity (Wildman–Crippen MR) is 82.7 cm³/mol. The van der Waals surface area contributed by atoms with Crippen molar-refractivity contribution >= 4 is 35.0 Å². The molecule has 22 heavy (non-hydrogen) atoms. The highest BCUT2D eigenvalue weighted by Crippen LogP contribution is 2.39. The Morgan fingerprint density at radius 1 is 1.45 bits per heavy atom. The average molecular weight is 341 g/mol. The number of anilines is 1. The molecule has 1 aliphatic heterocycles. The highest BCUT2D eigenvalue weighted by atomic mass is 35.5. The lowest BCUT2D eigenvalue weighted by atomic mass is 10.2. The van der Waals surface area contributed by atoms with Crippen LogP contribution in [0.1, 0.15) is 12.7 Å². The van der Waals surface area contributed by atoms with Crippen LogP contribution in [-0.2, 0) is 11.2 Å². The number of aromatic amines is 1. The minimum atomic E-state index is -0.200. The molecule has 0 radical (unpaired) electrons. The number of hydrogen-bond acceptors (Lipinski definition) is 6. The van der Waals surface area contributed by atoms with Crippen LogP contribution in [0.4, 0.5) is 5.69 Å². The van der Waals surface area contributed by atoms with E-state index in [1.165, 1.54) is 11.8 Å². The molecule has 0 aliphatic carbocycles. The molecule has 0 atom stereocenters. The van der Waals surface area contributed by atoms with Gasteiger partial charge in [0.05, 0.1) is 16.5 Å². The number of rotatable bonds is 5. The second-order valence-electron chi connectivity index (χ2n) is 4.44. The quantitative estimate of drug-likeness (QED) is 0.813. The molecule has 2 heterocycles. The van der Waals surface area contributed by atoms with E-state index in [1.54, 1.807) is 12.1 Å². The van der Waals surface area contributed by atoms with E-state index in [-0.39, 0.29) is 18.5 Å². The third kappa shape index (κ3) is 3.28. The summed E-state index contributed by atoms with van der Waals surface area (Å²) in [5.74, 6) is 1.92. The van der Waals surface area contributed by atoms with Crippen LogP contribution in [0.3, 0.4) is 0 Å². The summed E-state index contributed by atoms with van der Waals surface area (Å²) in [7, 11) is 0. The summed E-state index contributed by atoms with van der Waals surface area (Å²) < 4.78 is 10.5. The lowest BCUT2D eigenvalue weighted by molar-refractivity contribution is -0.113. The molecular formula is C13H13ClN4O3S. The number of nitrogens with zero attached hydrogens (tertiary/aromatic N) is 2. The average Bonchev–Trinajstić information content (AvgIpc) is 3.14. The summed E-state index contributed by atoms with van der Waals surface area (Å²) >= 11 is 7.36. The van der Waals surface area contributed by atoms with Crippen molar-refractivity contribution in [1.29, 1.82) is 0 Å². The molecule has 3 rings (SSSR count). The molecule has 1 amide bonds. The van der Waals surface area contributed by atoms with Crippen LogP contribution in [0.25, 0.3) is 0 Å². The molecule has 0 saturated heterocycles. The van der Waals surface area contributed by atoms with Gasteiger partial charge >= 0.3 is 0 Å². The summed E-state index contributed by atoms with van der Waals surface area (Å²) in [6.45, 7) is 2.13. The van der Waals surface area contributed by atoms with Gasteiger partial charge < -0.3 is 14.8 Å². The number of aryl methyl sites for hydroxylation is 1. The summed E-state index contributed by atoms with van der Waals surface area (Å²) in [5.41, 5.74) is 0.487. The van der Waals surface area contributed by atoms with Crippen molar-refractivity contribution < 1.29 is 14.3 Å². The standard InChI is InChI=1S/C13H13ClN4O3S/c1-2-11-16-13(18-17-11)22-5-12(19)15-8-4-10-9(3-7(8)14)20-6-21-10/h3-4H,2,5-6H2,1H3,(H,15,19)(H,16,17,18). The Bertz CT molecular complexity index is 707. The molecule has 0 fully saturated rings. The van der Waals surface area contributed by atoms with Crippen LogP contribution < -0.4 is 14.8 Å². The number of thioether (sulfide) groups is 1. The molecule has 9 heteroatoms. The van der Waals surface area contributed by atoms with Gasteiger partial charge in [-0.15, -0.1) is 5.10 Å². The summed E-state index contributed by atoms with van der Waals surface area (Å²) in [6, 6.07) is 3.27. The molecule has 0 unspecified atom stereocenters. The Morgan fingerprint density at radius 3 is 2.95 bits per heavy atom. The Hall–Kier alpha value is -1.93. The van der Waals surface area contributed by atoms with Crippen molar-refractivity contribution in [3.05, 3.63) is 23.0 Å². The monoisotopic (exact) mass is 340 g/mol. The van der Waals surface area contributed by atoms with E-state index in [1.807, 2.05) is 6.92 Å². The number of ether oxygens (including phenoxy) is 2. The molecule has 0 spiro atoms. The van der Waals surface area contributed by atoms with E-state index in [9.17, 15) is 4.79 Å². The van der Waals surface area contributed by atoms with Crippen LogP contribution in [-0.4, -0.2) is 33.6 Å². The molecule has 7 nitrogen and oxygen atoms in total. The Morgan fingerprint density at radius 2 is 2.23 bits per heavy atom. The minimum absolute atomic E-state index is 0.156. The van der Waals surface area contributed by atoms with Gasteiger partial charge in [-0.3, -0.25) is 9.89 Å². The van der Waals surface area contributed by atoms with Gasteiger partial charge in [0.2, 0.25) is 17.9 Å². The minimum Gasteiger partial charge on any atom is -0.454 e. The number of carbonyl (C=O) groups excluding carboxylic acids is 1. The number of fused-ring (bicyclic) bond motifs is 1. The van der Waals surface area contributed by atoms with Crippen molar-refractivity contribution in [1.82, 2.24) is 15.2 Å². The highest BCUT2D eigenvalue weighted by Gasteiger charge is 2.18. The molecule has 1 aliphatic rings. The van der Waals surface area contributed by atoms with E-state index in [4.69, 9.17) is 21.1 Å². The van der Waals surface area contributed by atoms with Gasteiger partial charge in [0.25, 0.3) is 0 Å². The van der Waals surface area contributed by atoms with Gasteiger partial charge in [-0.1, -0.05) is 30.3 Å². The first-order valence-corrected chi connectivity index (χ1v) is 7.95. The van der Waals surface area contributed by atoms with Crippen molar-refractivity contribution in [2.75, 3.05) is 17.9 Å². The van der Waals surface area contributed by atoms with Gasteiger partial charge in [0.15, 0.2) is 11.5 Å². The number of H-pyrrole nitrogens is 1. The van der Waals surface area contributed by atoms with E-state index in [0.29, 0.717) is 27.4 Å². The number of amides is 1. The van der Waals surface area contributed by atoms with Gasteiger partial charge in [-0.25, -0.2) is 4.98 Å². The zero-order chi connectivity index (χ0) is 15.5. The van der Waals surface area contributed by atoms with Crippen LogP contribution in [0, 0.1) is 0 Å². The second kappa shape index (κ2) is 6.45. The Labute approximate surface area is 135 Å². The predicted octanol–water partition coefficient (Wildman–Crippen LogP) is 2.48. The third-order valence-corrected chi connectivity index (χ3v) is 4.07. The maximum absolute atomic E-state index is 12.0. The summed E-state index contributed by atoms with van der Waals surface area (Å²) in [4.78, 5) is 16.2. The molecule has 0 bridgehead atoms. The van der Waals surface area contributed by atoms with Gasteiger partial charge in [0.1, 0.15) is 5.82 Å². The number of carbonyl (C=O) groups is 1. The highest BCUT2D eigenvalue weighted by molar-refractivity contribution is 7.99. The van der Waals surface area contributed by atoms with Gasteiger partial charge in [-0.05, 0) is 0 Å². The zero-order valence-electron chi connectivity index (χ0n) is 11.7. The van der Waals surface area contributed by atoms with Crippen LogP contribution in [0.2, 0.25) is 5.02 Å². The molecule has 116 valence electrons. The third-order valence-electron chi connectivity index (χ3n) is 2.91. The topological polar surface area (TPSA) is 89.1 Å². The number of benzene rings is 1. The second-order valence-corrected chi connectivity index (χ2v) is 5.79. The number of aromatic nitrogens is 3. The Balaban J connectivity index is 1.60. The lowest BCUT2D eigenvalue weighted by Gasteiger charge is -2.07.